The van der Waals surface area contributed by atoms with E-state index in [1.807, 2.05) is 42.5 Å². The Labute approximate surface area is 133 Å². The molecule has 6 heteroatoms. The predicted molar refractivity (Wildman–Crippen MR) is 83.6 cm³/mol. The van der Waals surface area contributed by atoms with Gasteiger partial charge >= 0.3 is 12.0 Å². The van der Waals surface area contributed by atoms with Crippen LogP contribution in [0.5, 0.6) is 0 Å². The number of hydrogen-bond acceptors (Lipinski definition) is 4. The van der Waals surface area contributed by atoms with Crippen molar-refractivity contribution in [3.8, 4) is 0 Å². The largest absolute Gasteiger partial charge is 0.468 e. The van der Waals surface area contributed by atoms with Gasteiger partial charge in [0.05, 0.1) is 7.11 Å². The van der Waals surface area contributed by atoms with Crippen molar-refractivity contribution in [1.82, 2.24) is 10.2 Å². The Hall–Kier alpha value is -2.89. The highest BCUT2D eigenvalue weighted by molar-refractivity contribution is 6.10. The minimum Gasteiger partial charge on any atom is -0.468 e. The molecule has 1 N–H and O–H groups in total. The van der Waals surface area contributed by atoms with Crippen LogP contribution in [0.25, 0.3) is 10.8 Å². The Kier molecular flexibility index (Phi) is 3.52. The first-order valence-electron chi connectivity index (χ1n) is 7.16. The summed E-state index contributed by atoms with van der Waals surface area (Å²) in [5.41, 5.74) is -0.521. The summed E-state index contributed by atoms with van der Waals surface area (Å²) < 4.78 is 4.54. The minimum absolute atomic E-state index is 0.401. The molecule has 1 aliphatic rings. The topological polar surface area (TPSA) is 75.7 Å². The number of rotatable bonds is 3. The smallest absolute Gasteiger partial charge is 0.325 e. The van der Waals surface area contributed by atoms with E-state index in [2.05, 4.69) is 10.1 Å². The molecule has 6 nitrogen and oxygen atoms in total. The van der Waals surface area contributed by atoms with Crippen molar-refractivity contribution in [2.45, 2.75) is 12.5 Å². The van der Waals surface area contributed by atoms with Crippen LogP contribution < -0.4 is 5.32 Å². The first-order valence-corrected chi connectivity index (χ1v) is 7.16. The number of methoxy groups -OCH3 is 1. The Bertz CT molecular complexity index is 812. The number of esters is 1. The molecule has 23 heavy (non-hydrogen) atoms. The van der Waals surface area contributed by atoms with Crippen molar-refractivity contribution in [3.63, 3.8) is 0 Å². The van der Waals surface area contributed by atoms with E-state index in [0.717, 1.165) is 15.7 Å². The molecule has 0 spiro atoms. The van der Waals surface area contributed by atoms with Crippen molar-refractivity contribution < 1.29 is 19.1 Å². The molecule has 2 aromatic rings. The van der Waals surface area contributed by atoms with Crippen LogP contribution in [-0.4, -0.2) is 36.5 Å². The zero-order valence-corrected chi connectivity index (χ0v) is 12.8. The van der Waals surface area contributed by atoms with E-state index >= 15 is 0 Å². The number of carbonyl (C=O) groups is 3. The van der Waals surface area contributed by atoms with Crippen LogP contribution in [0, 0.1) is 0 Å². The van der Waals surface area contributed by atoms with Gasteiger partial charge in [0, 0.05) is 0 Å². The quantitative estimate of drug-likeness (QED) is 0.692. The fourth-order valence-corrected chi connectivity index (χ4v) is 2.88. The molecule has 1 unspecified atom stereocenters. The van der Waals surface area contributed by atoms with E-state index in [1.54, 1.807) is 6.92 Å². The van der Waals surface area contributed by atoms with Gasteiger partial charge in [-0.3, -0.25) is 14.5 Å². The number of benzene rings is 2. The second kappa shape index (κ2) is 5.39. The summed E-state index contributed by atoms with van der Waals surface area (Å²) in [6, 6.07) is 12.6. The molecule has 0 aromatic heterocycles. The highest BCUT2D eigenvalue weighted by atomic mass is 16.5. The summed E-state index contributed by atoms with van der Waals surface area (Å²) in [6.07, 6.45) is 0. The number of imide groups is 1. The van der Waals surface area contributed by atoms with E-state index in [0.29, 0.717) is 5.56 Å². The van der Waals surface area contributed by atoms with E-state index in [-0.39, 0.29) is 0 Å². The van der Waals surface area contributed by atoms with Crippen LogP contribution in [0.3, 0.4) is 0 Å². The van der Waals surface area contributed by atoms with E-state index in [9.17, 15) is 14.4 Å². The fraction of sp³-hybridized carbons (Fsp3) is 0.235. The number of urea groups is 1. The maximum atomic E-state index is 12.8. The fourth-order valence-electron chi connectivity index (χ4n) is 2.88. The van der Waals surface area contributed by atoms with Crippen LogP contribution in [0.15, 0.2) is 42.5 Å². The molecule has 0 bridgehead atoms. The summed E-state index contributed by atoms with van der Waals surface area (Å²) >= 11 is 0. The van der Waals surface area contributed by atoms with Gasteiger partial charge in [0.2, 0.25) is 0 Å². The average Bonchev–Trinajstić information content (AvgIpc) is 2.78. The van der Waals surface area contributed by atoms with Crippen molar-refractivity contribution in [2.75, 3.05) is 13.7 Å². The van der Waals surface area contributed by atoms with Crippen molar-refractivity contribution in [2.24, 2.45) is 0 Å². The number of hydrogen-bond donors (Lipinski definition) is 1. The number of nitrogens with zero attached hydrogens (tertiary/aromatic N) is 1. The third-order valence-corrected chi connectivity index (χ3v) is 4.12. The molecule has 1 fully saturated rings. The van der Waals surface area contributed by atoms with Crippen LogP contribution >= 0.6 is 0 Å². The lowest BCUT2D eigenvalue weighted by Crippen LogP contribution is -2.41. The number of carbonyl (C=O) groups excluding carboxylic acids is 3. The third kappa shape index (κ3) is 2.32. The molecule has 0 aliphatic carbocycles. The van der Waals surface area contributed by atoms with E-state index in [1.165, 1.54) is 7.11 Å². The number of ether oxygens (including phenoxy) is 1. The summed E-state index contributed by atoms with van der Waals surface area (Å²) in [6.45, 7) is 1.24. The van der Waals surface area contributed by atoms with Gasteiger partial charge in [0.1, 0.15) is 12.1 Å². The third-order valence-electron chi connectivity index (χ3n) is 4.12. The molecule has 0 radical (unpaired) electrons. The lowest BCUT2D eigenvalue weighted by atomic mass is 9.88. The molecule has 118 valence electrons. The van der Waals surface area contributed by atoms with Crippen LogP contribution in [-0.2, 0) is 19.9 Å². The standard InChI is InChI=1S/C17H16N2O4/c1-17(13-9-5-7-11-6-3-4-8-12(11)13)15(21)19(16(22)18-17)10-14(20)23-2/h3-9H,10H2,1-2H3,(H,18,22). The van der Waals surface area contributed by atoms with E-state index < -0.39 is 30.0 Å². The molecule has 0 saturated carbocycles. The summed E-state index contributed by atoms with van der Waals surface area (Å²) in [4.78, 5) is 37.2. The minimum atomic E-state index is -1.22. The Morgan fingerprint density at radius 2 is 1.87 bits per heavy atom. The summed E-state index contributed by atoms with van der Waals surface area (Å²) in [7, 11) is 1.21. The molecule has 1 aliphatic heterocycles. The maximum absolute atomic E-state index is 12.8. The monoisotopic (exact) mass is 312 g/mol. The summed E-state index contributed by atoms with van der Waals surface area (Å²) in [5.74, 6) is -1.11. The van der Waals surface area contributed by atoms with Gasteiger partial charge in [-0.1, -0.05) is 42.5 Å². The molecule has 2 aromatic carbocycles. The van der Waals surface area contributed by atoms with Crippen molar-refractivity contribution in [3.05, 3.63) is 48.0 Å². The second-order valence-corrected chi connectivity index (χ2v) is 5.55. The van der Waals surface area contributed by atoms with Gasteiger partial charge in [0.25, 0.3) is 5.91 Å². The predicted octanol–water partition coefficient (Wildman–Crippen LogP) is 1.78. The zero-order chi connectivity index (χ0) is 16.6. The van der Waals surface area contributed by atoms with Gasteiger partial charge in [-0.15, -0.1) is 0 Å². The lowest BCUT2D eigenvalue weighted by molar-refractivity contribution is -0.145. The number of nitrogens with one attached hydrogen (secondary N) is 1. The lowest BCUT2D eigenvalue weighted by Gasteiger charge is -2.23. The van der Waals surface area contributed by atoms with Crippen LogP contribution in [0.1, 0.15) is 12.5 Å². The second-order valence-electron chi connectivity index (χ2n) is 5.55. The molecular weight excluding hydrogens is 296 g/mol. The van der Waals surface area contributed by atoms with Gasteiger partial charge in [-0.2, -0.15) is 0 Å². The number of fused-ring (bicyclic) bond motifs is 1. The highest BCUT2D eigenvalue weighted by Crippen LogP contribution is 2.33. The molecule has 3 rings (SSSR count). The zero-order valence-electron chi connectivity index (χ0n) is 12.8. The molecular formula is C17H16N2O4. The molecule has 1 atom stereocenters. The highest BCUT2D eigenvalue weighted by Gasteiger charge is 2.50. The summed E-state index contributed by atoms with van der Waals surface area (Å²) in [5, 5.41) is 4.55. The normalized spacial score (nSPS) is 20.7. The van der Waals surface area contributed by atoms with Crippen LogP contribution in [0.2, 0.25) is 0 Å². The molecule has 1 heterocycles. The van der Waals surface area contributed by atoms with Crippen LogP contribution in [0.4, 0.5) is 4.79 Å². The Morgan fingerprint density at radius 3 is 2.61 bits per heavy atom. The van der Waals surface area contributed by atoms with Gasteiger partial charge < -0.3 is 10.1 Å². The van der Waals surface area contributed by atoms with Gasteiger partial charge in [0.15, 0.2) is 0 Å². The van der Waals surface area contributed by atoms with Crippen molar-refractivity contribution in [1.29, 1.82) is 0 Å². The van der Waals surface area contributed by atoms with E-state index in [4.69, 9.17) is 0 Å². The SMILES string of the molecule is COC(=O)CN1C(=O)NC(C)(c2cccc3ccccc23)C1=O. The van der Waals surface area contributed by atoms with Gasteiger partial charge in [-0.05, 0) is 23.3 Å². The Morgan fingerprint density at radius 1 is 1.17 bits per heavy atom. The molecule has 1 saturated heterocycles. The van der Waals surface area contributed by atoms with Gasteiger partial charge in [-0.25, -0.2) is 4.79 Å². The molecule has 3 amide bonds. The average molecular weight is 312 g/mol. The number of amides is 3. The Balaban J connectivity index is 2.06. The van der Waals surface area contributed by atoms with Crippen molar-refractivity contribution >= 4 is 28.7 Å². The first-order chi connectivity index (χ1) is 11.0. The maximum Gasteiger partial charge on any atom is 0.325 e. The first kappa shape index (κ1) is 15.0.